The van der Waals surface area contributed by atoms with Crippen molar-refractivity contribution in [2.75, 3.05) is 45.7 Å². The van der Waals surface area contributed by atoms with E-state index in [2.05, 4.69) is 5.32 Å². The number of nitrogens with one attached hydrogen (secondary N) is 1. The van der Waals surface area contributed by atoms with Crippen LogP contribution in [-0.2, 0) is 0 Å². The molecule has 9 heteroatoms. The molecule has 1 saturated heterocycles. The molecule has 212 valence electrons. The molecule has 0 aliphatic carbocycles. The van der Waals surface area contributed by atoms with Crippen molar-refractivity contribution in [3.05, 3.63) is 95.4 Å². The summed E-state index contributed by atoms with van der Waals surface area (Å²) in [4.78, 5) is 30.2. The molecule has 0 saturated carbocycles. The van der Waals surface area contributed by atoms with E-state index in [1.54, 1.807) is 47.2 Å². The molecule has 1 fully saturated rings. The summed E-state index contributed by atoms with van der Waals surface area (Å²) in [6.07, 6.45) is 0. The quantitative estimate of drug-likeness (QED) is 0.321. The van der Waals surface area contributed by atoms with E-state index in [4.69, 9.17) is 9.47 Å². The minimum absolute atomic E-state index is 0.103. The molecule has 3 aromatic carbocycles. The van der Waals surface area contributed by atoms with Gasteiger partial charge in [-0.05, 0) is 74.0 Å². The number of benzene rings is 3. The highest BCUT2D eigenvalue weighted by Crippen LogP contribution is 2.32. The highest BCUT2D eigenvalue weighted by molar-refractivity contribution is 5.98. The number of carbonyl (C=O) groups is 2. The molecule has 1 aliphatic heterocycles. The van der Waals surface area contributed by atoms with Gasteiger partial charge in [-0.2, -0.15) is 0 Å². The molecular formula is C32H33FN4O4. The van der Waals surface area contributed by atoms with Crippen molar-refractivity contribution >= 4 is 17.6 Å². The molecule has 1 N–H and O–H groups in total. The fourth-order valence-corrected chi connectivity index (χ4v) is 5.06. The Balaban J connectivity index is 1.34. The van der Waals surface area contributed by atoms with Crippen LogP contribution >= 0.6 is 0 Å². The number of piperazine rings is 1. The summed E-state index contributed by atoms with van der Waals surface area (Å²) in [5, 5.41) is 2.90. The second kappa shape index (κ2) is 11.8. The molecule has 2 heterocycles. The van der Waals surface area contributed by atoms with E-state index in [1.807, 2.05) is 48.7 Å². The molecule has 0 spiro atoms. The summed E-state index contributed by atoms with van der Waals surface area (Å²) in [6, 6.07) is 21.2. The number of aromatic nitrogens is 1. The zero-order chi connectivity index (χ0) is 29.1. The highest BCUT2D eigenvalue weighted by Gasteiger charge is 2.28. The zero-order valence-electron chi connectivity index (χ0n) is 23.6. The first-order valence-electron chi connectivity index (χ1n) is 13.4. The first kappa shape index (κ1) is 27.8. The lowest BCUT2D eigenvalue weighted by Gasteiger charge is -2.34. The van der Waals surface area contributed by atoms with E-state index in [9.17, 15) is 14.0 Å². The summed E-state index contributed by atoms with van der Waals surface area (Å²) in [5.41, 5.74) is 5.58. The summed E-state index contributed by atoms with van der Waals surface area (Å²) in [6.45, 7) is 5.51. The van der Waals surface area contributed by atoms with E-state index in [-0.39, 0.29) is 17.8 Å². The van der Waals surface area contributed by atoms with Crippen LogP contribution in [0.3, 0.4) is 0 Å². The lowest BCUT2D eigenvalue weighted by atomic mass is 10.1. The minimum atomic E-state index is -0.317. The molecule has 0 unspecified atom stereocenters. The van der Waals surface area contributed by atoms with Crippen LogP contribution in [0, 0.1) is 19.7 Å². The Morgan fingerprint density at radius 3 is 2.10 bits per heavy atom. The Bertz CT molecular complexity index is 1560. The number of nitrogens with zero attached hydrogens (tertiary/aromatic N) is 3. The predicted octanol–water partition coefficient (Wildman–Crippen LogP) is 5.91. The van der Waals surface area contributed by atoms with Crippen molar-refractivity contribution in [2.24, 2.45) is 0 Å². The maximum Gasteiger partial charge on any atom is 0.322 e. The van der Waals surface area contributed by atoms with Gasteiger partial charge in [-0.3, -0.25) is 4.79 Å². The van der Waals surface area contributed by atoms with Crippen LogP contribution in [0.15, 0.2) is 72.8 Å². The van der Waals surface area contributed by atoms with Gasteiger partial charge >= 0.3 is 6.03 Å². The average Bonchev–Trinajstić information content (AvgIpc) is 3.34. The summed E-state index contributed by atoms with van der Waals surface area (Å²) < 4.78 is 26.3. The van der Waals surface area contributed by atoms with Gasteiger partial charge in [0.1, 0.15) is 17.3 Å². The molecule has 3 amide bonds. The summed E-state index contributed by atoms with van der Waals surface area (Å²) in [7, 11) is 3.10. The monoisotopic (exact) mass is 556 g/mol. The molecular weight excluding hydrogens is 523 g/mol. The number of anilines is 1. The number of amides is 3. The smallest absolute Gasteiger partial charge is 0.322 e. The lowest BCUT2D eigenvalue weighted by molar-refractivity contribution is 0.0671. The maximum absolute atomic E-state index is 13.8. The van der Waals surface area contributed by atoms with Gasteiger partial charge in [0, 0.05) is 43.6 Å². The Morgan fingerprint density at radius 1 is 0.805 bits per heavy atom. The van der Waals surface area contributed by atoms with E-state index < -0.39 is 0 Å². The average molecular weight is 557 g/mol. The van der Waals surface area contributed by atoms with Gasteiger partial charge < -0.3 is 29.2 Å². The molecule has 8 nitrogen and oxygen atoms in total. The first-order valence-corrected chi connectivity index (χ1v) is 13.4. The number of halogens is 1. The van der Waals surface area contributed by atoms with Crippen molar-refractivity contribution in [1.29, 1.82) is 0 Å². The summed E-state index contributed by atoms with van der Waals surface area (Å²) >= 11 is 0. The van der Waals surface area contributed by atoms with E-state index in [0.29, 0.717) is 48.9 Å². The van der Waals surface area contributed by atoms with E-state index in [1.165, 1.54) is 19.2 Å². The summed E-state index contributed by atoms with van der Waals surface area (Å²) in [5.74, 6) is 0.703. The number of rotatable bonds is 6. The largest absolute Gasteiger partial charge is 0.497 e. The Hall–Kier alpha value is -4.79. The fourth-order valence-electron chi connectivity index (χ4n) is 5.06. The number of hydrogen-bond donors (Lipinski definition) is 1. The maximum atomic E-state index is 13.8. The fraction of sp³-hybridized carbons (Fsp3) is 0.250. The zero-order valence-corrected chi connectivity index (χ0v) is 23.6. The number of methoxy groups -OCH3 is 2. The molecule has 0 atom stereocenters. The predicted molar refractivity (Wildman–Crippen MR) is 157 cm³/mol. The number of ether oxygens (including phenoxy) is 2. The molecule has 41 heavy (non-hydrogen) atoms. The van der Waals surface area contributed by atoms with Crippen LogP contribution in [0.5, 0.6) is 11.5 Å². The molecule has 0 radical (unpaired) electrons. The van der Waals surface area contributed by atoms with Crippen LogP contribution in [0.25, 0.3) is 16.9 Å². The third kappa shape index (κ3) is 5.75. The van der Waals surface area contributed by atoms with Gasteiger partial charge in [0.25, 0.3) is 5.91 Å². The van der Waals surface area contributed by atoms with Crippen molar-refractivity contribution in [3.63, 3.8) is 0 Å². The van der Waals surface area contributed by atoms with Gasteiger partial charge in [0.2, 0.25) is 0 Å². The van der Waals surface area contributed by atoms with Crippen LogP contribution < -0.4 is 14.8 Å². The molecule has 5 rings (SSSR count). The van der Waals surface area contributed by atoms with Gasteiger partial charge in [-0.1, -0.05) is 17.7 Å². The van der Waals surface area contributed by atoms with Crippen molar-refractivity contribution in [1.82, 2.24) is 14.4 Å². The van der Waals surface area contributed by atoms with Crippen molar-refractivity contribution in [3.8, 4) is 28.4 Å². The van der Waals surface area contributed by atoms with E-state index >= 15 is 0 Å². The molecule has 1 aliphatic rings. The Kier molecular flexibility index (Phi) is 7.96. The topological polar surface area (TPSA) is 76.0 Å². The molecule has 0 bridgehead atoms. The highest BCUT2D eigenvalue weighted by atomic mass is 19.1. The third-order valence-corrected chi connectivity index (χ3v) is 7.41. The second-order valence-electron chi connectivity index (χ2n) is 9.98. The number of aryl methyl sites for hydroxylation is 1. The second-order valence-corrected chi connectivity index (χ2v) is 9.98. The number of hydrogen-bond acceptors (Lipinski definition) is 4. The van der Waals surface area contributed by atoms with Gasteiger partial charge in [0.05, 0.1) is 31.2 Å². The third-order valence-electron chi connectivity index (χ3n) is 7.41. The van der Waals surface area contributed by atoms with Crippen molar-refractivity contribution < 1.29 is 23.5 Å². The van der Waals surface area contributed by atoms with Crippen LogP contribution in [0.4, 0.5) is 14.9 Å². The van der Waals surface area contributed by atoms with Gasteiger partial charge in [-0.15, -0.1) is 0 Å². The van der Waals surface area contributed by atoms with Gasteiger partial charge in [0.15, 0.2) is 0 Å². The Labute approximate surface area is 238 Å². The van der Waals surface area contributed by atoms with Gasteiger partial charge in [-0.25, -0.2) is 9.18 Å². The Morgan fingerprint density at radius 2 is 1.46 bits per heavy atom. The van der Waals surface area contributed by atoms with E-state index in [0.717, 1.165) is 28.2 Å². The standard InChI is InChI=1S/C32H33FN4O4/c1-21-5-11-25(12-6-21)37-22(2)27(20-29(37)23-7-9-24(33)10-8-23)31(38)35-15-17-36(18-16-35)32(39)34-28-14-13-26(40-3)19-30(28)41-4/h5-14,19-20H,15-18H2,1-4H3,(H,34,39). The number of urea groups is 1. The lowest BCUT2D eigenvalue weighted by Crippen LogP contribution is -2.51. The first-order chi connectivity index (χ1) is 19.8. The molecule has 1 aromatic heterocycles. The SMILES string of the molecule is COc1ccc(NC(=O)N2CCN(C(=O)c3cc(-c4ccc(F)cc4)n(-c4ccc(C)cc4)c3C)CC2)c(OC)c1. The number of carbonyl (C=O) groups excluding carboxylic acids is 2. The minimum Gasteiger partial charge on any atom is -0.497 e. The normalized spacial score (nSPS) is 13.2. The van der Waals surface area contributed by atoms with Crippen LogP contribution in [0.1, 0.15) is 21.6 Å². The van der Waals surface area contributed by atoms with Crippen LogP contribution in [-0.4, -0.2) is 66.7 Å². The molecule has 4 aromatic rings. The van der Waals surface area contributed by atoms with Crippen LogP contribution in [0.2, 0.25) is 0 Å². The van der Waals surface area contributed by atoms with Crippen molar-refractivity contribution in [2.45, 2.75) is 13.8 Å².